The lowest BCUT2D eigenvalue weighted by Gasteiger charge is -2.29. The Hall–Kier alpha value is -2.93. The van der Waals surface area contributed by atoms with Crippen LogP contribution in [0, 0.1) is 6.92 Å². The SMILES string of the molecule is Cc1ccc(S(=O)(=O)Nc2ccc(N3CCCc4ccccc43)nn2)cc1. The summed E-state index contributed by atoms with van der Waals surface area (Å²) < 4.78 is 27.4. The lowest BCUT2D eigenvalue weighted by Crippen LogP contribution is -2.25. The van der Waals surface area contributed by atoms with Gasteiger partial charge in [0.25, 0.3) is 10.0 Å². The van der Waals surface area contributed by atoms with E-state index in [2.05, 4.69) is 32.0 Å². The number of anilines is 3. The van der Waals surface area contributed by atoms with Crippen LogP contribution in [-0.2, 0) is 16.4 Å². The van der Waals surface area contributed by atoms with Crippen LogP contribution in [0.25, 0.3) is 0 Å². The molecule has 0 saturated carbocycles. The number of rotatable bonds is 4. The number of benzene rings is 2. The Labute approximate surface area is 158 Å². The van der Waals surface area contributed by atoms with Gasteiger partial charge in [0.15, 0.2) is 11.6 Å². The van der Waals surface area contributed by atoms with Gasteiger partial charge in [-0.25, -0.2) is 8.42 Å². The van der Waals surface area contributed by atoms with Crippen molar-refractivity contribution in [1.29, 1.82) is 0 Å². The number of sulfonamides is 1. The quantitative estimate of drug-likeness (QED) is 0.747. The maximum absolute atomic E-state index is 12.5. The average Bonchev–Trinajstić information content (AvgIpc) is 2.68. The first-order valence-electron chi connectivity index (χ1n) is 8.82. The Kier molecular flexibility index (Phi) is 4.53. The third-order valence-corrected chi connectivity index (χ3v) is 5.98. The predicted octanol–water partition coefficient (Wildman–Crippen LogP) is 3.67. The summed E-state index contributed by atoms with van der Waals surface area (Å²) in [5.74, 6) is 0.907. The van der Waals surface area contributed by atoms with E-state index in [1.54, 1.807) is 36.4 Å². The molecule has 138 valence electrons. The van der Waals surface area contributed by atoms with E-state index in [0.29, 0.717) is 5.82 Å². The van der Waals surface area contributed by atoms with Crippen LogP contribution in [0.1, 0.15) is 17.5 Å². The van der Waals surface area contributed by atoms with Gasteiger partial charge in [0.2, 0.25) is 0 Å². The maximum atomic E-state index is 12.5. The molecule has 2 heterocycles. The molecule has 7 heteroatoms. The van der Waals surface area contributed by atoms with Gasteiger partial charge < -0.3 is 4.90 Å². The van der Waals surface area contributed by atoms with E-state index in [9.17, 15) is 8.42 Å². The first kappa shape index (κ1) is 17.5. The molecule has 1 aromatic heterocycles. The summed E-state index contributed by atoms with van der Waals surface area (Å²) in [6, 6.07) is 18.4. The smallest absolute Gasteiger partial charge is 0.263 e. The standard InChI is InChI=1S/C20H20N4O2S/c1-15-8-10-17(11-9-15)27(25,26)23-19-12-13-20(22-21-19)24-14-4-6-16-5-2-3-7-18(16)24/h2-3,5,7-13H,4,6,14H2,1H3,(H,21,23). The molecule has 3 aromatic rings. The van der Waals surface area contributed by atoms with Crippen molar-refractivity contribution >= 4 is 27.3 Å². The molecule has 6 nitrogen and oxygen atoms in total. The highest BCUT2D eigenvalue weighted by molar-refractivity contribution is 7.92. The molecule has 2 aromatic carbocycles. The summed E-state index contributed by atoms with van der Waals surface area (Å²) in [6.07, 6.45) is 2.09. The van der Waals surface area contributed by atoms with Gasteiger partial charge in [-0.3, -0.25) is 4.72 Å². The Balaban J connectivity index is 1.56. The second-order valence-corrected chi connectivity index (χ2v) is 8.26. The highest BCUT2D eigenvalue weighted by Gasteiger charge is 2.20. The molecule has 1 N–H and O–H groups in total. The monoisotopic (exact) mass is 380 g/mol. The maximum Gasteiger partial charge on any atom is 0.263 e. The van der Waals surface area contributed by atoms with Crippen molar-refractivity contribution in [1.82, 2.24) is 10.2 Å². The Bertz CT molecular complexity index is 1050. The van der Waals surface area contributed by atoms with Crippen molar-refractivity contribution in [2.45, 2.75) is 24.7 Å². The predicted molar refractivity (Wildman–Crippen MR) is 106 cm³/mol. The van der Waals surface area contributed by atoms with Crippen molar-refractivity contribution < 1.29 is 8.42 Å². The van der Waals surface area contributed by atoms with Crippen molar-refractivity contribution in [2.24, 2.45) is 0 Å². The minimum atomic E-state index is -3.68. The lowest BCUT2D eigenvalue weighted by molar-refractivity contribution is 0.601. The number of aryl methyl sites for hydroxylation is 2. The topological polar surface area (TPSA) is 75.2 Å². The first-order chi connectivity index (χ1) is 13.0. The van der Waals surface area contributed by atoms with Gasteiger partial charge in [-0.05, 0) is 55.7 Å². The highest BCUT2D eigenvalue weighted by atomic mass is 32.2. The highest BCUT2D eigenvalue weighted by Crippen LogP contribution is 2.32. The van der Waals surface area contributed by atoms with E-state index < -0.39 is 10.0 Å². The molecular formula is C20H20N4O2S. The van der Waals surface area contributed by atoms with E-state index in [1.165, 1.54) is 5.56 Å². The molecule has 0 aliphatic carbocycles. The molecule has 0 unspecified atom stereocenters. The molecule has 0 atom stereocenters. The van der Waals surface area contributed by atoms with E-state index >= 15 is 0 Å². The number of nitrogens with zero attached hydrogens (tertiary/aromatic N) is 3. The Morgan fingerprint density at radius 3 is 2.48 bits per heavy atom. The van der Waals surface area contributed by atoms with E-state index in [1.807, 2.05) is 19.1 Å². The number of hydrogen-bond acceptors (Lipinski definition) is 5. The van der Waals surface area contributed by atoms with Crippen molar-refractivity contribution in [2.75, 3.05) is 16.2 Å². The van der Waals surface area contributed by atoms with Gasteiger partial charge in [0.1, 0.15) is 0 Å². The lowest BCUT2D eigenvalue weighted by atomic mass is 10.0. The van der Waals surface area contributed by atoms with E-state index in [-0.39, 0.29) is 10.7 Å². The zero-order valence-electron chi connectivity index (χ0n) is 15.0. The first-order valence-corrected chi connectivity index (χ1v) is 10.3. The molecule has 0 fully saturated rings. The summed E-state index contributed by atoms with van der Waals surface area (Å²) in [6.45, 7) is 2.77. The fourth-order valence-electron chi connectivity index (χ4n) is 3.21. The second-order valence-electron chi connectivity index (χ2n) is 6.58. The normalized spacial score (nSPS) is 13.9. The Morgan fingerprint density at radius 1 is 0.963 bits per heavy atom. The van der Waals surface area contributed by atoms with Crippen molar-refractivity contribution in [3.05, 3.63) is 71.8 Å². The second kappa shape index (κ2) is 7.00. The van der Waals surface area contributed by atoms with Gasteiger partial charge in [0, 0.05) is 12.2 Å². The van der Waals surface area contributed by atoms with Gasteiger partial charge in [-0.2, -0.15) is 0 Å². The molecular weight excluding hydrogens is 360 g/mol. The number of aromatic nitrogens is 2. The largest absolute Gasteiger partial charge is 0.325 e. The van der Waals surface area contributed by atoms with Crippen LogP contribution in [0.4, 0.5) is 17.3 Å². The fourth-order valence-corrected chi connectivity index (χ4v) is 4.21. The molecule has 1 aliphatic heterocycles. The van der Waals surface area contributed by atoms with Gasteiger partial charge in [0.05, 0.1) is 4.90 Å². The van der Waals surface area contributed by atoms with Crippen LogP contribution in [-0.4, -0.2) is 25.2 Å². The molecule has 0 radical (unpaired) electrons. The summed E-state index contributed by atoms with van der Waals surface area (Å²) in [7, 11) is -3.68. The van der Waals surface area contributed by atoms with Crippen molar-refractivity contribution in [3.63, 3.8) is 0 Å². The third-order valence-electron chi connectivity index (χ3n) is 4.61. The number of fused-ring (bicyclic) bond motifs is 1. The van der Waals surface area contributed by atoms with Gasteiger partial charge >= 0.3 is 0 Å². The van der Waals surface area contributed by atoms with E-state index in [4.69, 9.17) is 0 Å². The van der Waals surface area contributed by atoms with Crippen LogP contribution in [0.2, 0.25) is 0 Å². The Morgan fingerprint density at radius 2 is 1.74 bits per heavy atom. The summed E-state index contributed by atoms with van der Waals surface area (Å²) in [5.41, 5.74) is 3.42. The summed E-state index contributed by atoms with van der Waals surface area (Å²) in [4.78, 5) is 2.31. The van der Waals surface area contributed by atoms with Crippen LogP contribution in [0.5, 0.6) is 0 Å². The average molecular weight is 380 g/mol. The van der Waals surface area contributed by atoms with Crippen LogP contribution >= 0.6 is 0 Å². The van der Waals surface area contributed by atoms with E-state index in [0.717, 1.165) is 30.6 Å². The molecule has 0 amide bonds. The number of hydrogen-bond donors (Lipinski definition) is 1. The number of nitrogens with one attached hydrogen (secondary N) is 1. The summed E-state index contributed by atoms with van der Waals surface area (Å²) >= 11 is 0. The molecule has 4 rings (SSSR count). The van der Waals surface area contributed by atoms with Gasteiger partial charge in [-0.15, -0.1) is 10.2 Å². The van der Waals surface area contributed by atoms with Crippen LogP contribution in [0.15, 0.2) is 65.6 Å². The summed E-state index contributed by atoms with van der Waals surface area (Å²) in [5, 5.41) is 8.32. The molecule has 0 spiro atoms. The number of para-hydroxylation sites is 1. The molecule has 0 bridgehead atoms. The van der Waals surface area contributed by atoms with Crippen LogP contribution < -0.4 is 9.62 Å². The molecule has 27 heavy (non-hydrogen) atoms. The zero-order valence-corrected chi connectivity index (χ0v) is 15.8. The molecule has 1 aliphatic rings. The van der Waals surface area contributed by atoms with Gasteiger partial charge in [-0.1, -0.05) is 35.9 Å². The fraction of sp³-hybridized carbons (Fsp3) is 0.200. The minimum Gasteiger partial charge on any atom is -0.325 e. The zero-order chi connectivity index (χ0) is 18.9. The molecule has 0 saturated heterocycles. The third kappa shape index (κ3) is 3.64. The minimum absolute atomic E-state index is 0.198. The van der Waals surface area contributed by atoms with Crippen LogP contribution in [0.3, 0.4) is 0 Å². The van der Waals surface area contributed by atoms with Crippen molar-refractivity contribution in [3.8, 4) is 0 Å².